The van der Waals surface area contributed by atoms with E-state index in [9.17, 15) is 0 Å². The summed E-state index contributed by atoms with van der Waals surface area (Å²) in [6.45, 7) is 19.6. The highest BCUT2D eigenvalue weighted by Crippen LogP contribution is 2.55. The maximum Gasteiger partial charge on any atom is 0.333 e. The predicted octanol–water partition coefficient (Wildman–Crippen LogP) is 16.0. The Morgan fingerprint density at radius 3 is 1.76 bits per heavy atom. The molecule has 4 heteroatoms. The van der Waals surface area contributed by atoms with Gasteiger partial charge in [-0.1, -0.05) is 146 Å². The normalized spacial score (nSPS) is 17.9. The van der Waals surface area contributed by atoms with Crippen molar-refractivity contribution in [2.45, 2.75) is 103 Å². The van der Waals surface area contributed by atoms with Gasteiger partial charge in [-0.05, 0) is 169 Å². The summed E-state index contributed by atoms with van der Waals surface area (Å²) >= 11 is 0. The van der Waals surface area contributed by atoms with Crippen molar-refractivity contribution in [3.8, 4) is 39.3 Å². The minimum atomic E-state index is -0.142. The Hall–Kier alpha value is -6.78. The van der Waals surface area contributed by atoms with E-state index in [1.807, 2.05) is 0 Å². The first kappa shape index (κ1) is 40.3. The third-order valence-electron chi connectivity index (χ3n) is 17.4. The summed E-state index contributed by atoms with van der Waals surface area (Å²) in [6.07, 6.45) is 4.67. The number of hydrogen-bond acceptors (Lipinski definition) is 2. The molecular formula is C64H57BN2O. The molecule has 2 aliphatic carbocycles. The summed E-state index contributed by atoms with van der Waals surface area (Å²) in [6, 6.07) is 58.1. The van der Waals surface area contributed by atoms with Gasteiger partial charge in [0.05, 0.1) is 11.0 Å². The third-order valence-corrected chi connectivity index (χ3v) is 17.4. The molecule has 0 N–H and O–H groups in total. The fraction of sp³-hybridized carbons (Fsp3) is 0.250. The average Bonchev–Trinajstić information content (AvgIpc) is 3.91. The number of hydrogen-bond donors (Lipinski definition) is 0. The highest BCUT2D eigenvalue weighted by Gasteiger charge is 2.48. The van der Waals surface area contributed by atoms with Crippen molar-refractivity contribution in [1.82, 2.24) is 4.57 Å². The lowest BCUT2D eigenvalue weighted by molar-refractivity contribution is 0.332. The van der Waals surface area contributed by atoms with Gasteiger partial charge < -0.3 is 13.8 Å². The van der Waals surface area contributed by atoms with Gasteiger partial charge in [0.2, 0.25) is 0 Å². The van der Waals surface area contributed by atoms with Crippen LogP contribution in [-0.2, 0) is 21.7 Å². The molecule has 0 fully saturated rings. The number of benzene rings is 8. The highest BCUT2D eigenvalue weighted by molar-refractivity contribution is 6.94. The molecule has 0 radical (unpaired) electrons. The molecule has 2 aromatic heterocycles. The second-order valence-electron chi connectivity index (χ2n) is 23.4. The molecule has 0 atom stereocenters. The second kappa shape index (κ2) is 13.5. The van der Waals surface area contributed by atoms with Gasteiger partial charge >= 0.3 is 6.85 Å². The minimum absolute atomic E-state index is 0.0277. The smallest absolute Gasteiger partial charge is 0.333 e. The van der Waals surface area contributed by atoms with Crippen molar-refractivity contribution in [3.05, 3.63) is 174 Å². The van der Waals surface area contributed by atoms with Crippen molar-refractivity contribution in [1.29, 1.82) is 0 Å². The van der Waals surface area contributed by atoms with E-state index in [-0.39, 0.29) is 28.5 Å². The zero-order valence-electron chi connectivity index (χ0n) is 40.6. The van der Waals surface area contributed by atoms with E-state index in [2.05, 4.69) is 216 Å². The average molecular weight is 881 g/mol. The first-order valence-corrected chi connectivity index (χ1v) is 25.0. The fourth-order valence-corrected chi connectivity index (χ4v) is 13.4. The van der Waals surface area contributed by atoms with Gasteiger partial charge in [0.1, 0.15) is 11.3 Å². The summed E-state index contributed by atoms with van der Waals surface area (Å²) in [4.78, 5) is 2.78. The van der Waals surface area contributed by atoms with Crippen molar-refractivity contribution >= 4 is 72.7 Å². The van der Waals surface area contributed by atoms with Gasteiger partial charge in [-0.25, -0.2) is 0 Å². The largest absolute Gasteiger partial charge is 0.456 e. The Labute approximate surface area is 400 Å². The van der Waals surface area contributed by atoms with Crippen LogP contribution in [0.1, 0.15) is 103 Å². The van der Waals surface area contributed by atoms with Crippen molar-refractivity contribution in [2.75, 3.05) is 4.81 Å². The van der Waals surface area contributed by atoms with E-state index in [0.29, 0.717) is 0 Å². The zero-order chi connectivity index (χ0) is 46.2. The van der Waals surface area contributed by atoms with Crippen LogP contribution in [0.3, 0.4) is 0 Å². The molecule has 0 saturated heterocycles. The number of fused-ring (bicyclic) bond motifs is 12. The van der Waals surface area contributed by atoms with Gasteiger partial charge in [-0.3, -0.25) is 0 Å². The summed E-state index contributed by atoms with van der Waals surface area (Å²) < 4.78 is 9.61. The highest BCUT2D eigenvalue weighted by atomic mass is 16.3. The summed E-state index contributed by atoms with van der Waals surface area (Å²) in [5.74, 6) is 0.892. The van der Waals surface area contributed by atoms with Gasteiger partial charge in [0, 0.05) is 44.3 Å². The number of rotatable bonds is 3. The maximum absolute atomic E-state index is 6.96. The Balaban J connectivity index is 1.19. The summed E-state index contributed by atoms with van der Waals surface area (Å²) in [7, 11) is 0. The van der Waals surface area contributed by atoms with Crippen LogP contribution in [-0.4, -0.2) is 11.4 Å². The van der Waals surface area contributed by atoms with Crippen LogP contribution in [0.25, 0.3) is 82.8 Å². The van der Waals surface area contributed by atoms with Crippen LogP contribution < -0.4 is 15.7 Å². The standard InChI is InChI=1S/C64H57BN2O/c1-61(2)25-26-62(3,4)49-33-43(23-24-48(49)61)67-54-36-51-50(63(5,6)27-28-64(51,7)8)35-45(54)46-34-44(38-17-11-9-12-18-38)58-47-29-40-21-15-16-22-41(40)30-53(47)66-55-31-42-32-56(39-19-13-10-14-20-39)68-57(42)37-52(55)65(67)59(46)60(58)66/h9-24,29-37H,25-28H2,1-8H3. The Morgan fingerprint density at radius 2 is 1.07 bits per heavy atom. The quantitative estimate of drug-likeness (QED) is 0.165. The maximum atomic E-state index is 6.96. The lowest BCUT2D eigenvalue weighted by Gasteiger charge is -2.47. The van der Waals surface area contributed by atoms with Crippen LogP contribution in [0.4, 0.5) is 11.4 Å². The second-order valence-corrected chi connectivity index (χ2v) is 23.4. The molecule has 4 heterocycles. The number of anilines is 2. The molecule has 4 aliphatic rings. The minimum Gasteiger partial charge on any atom is -0.456 e. The van der Waals surface area contributed by atoms with Crippen molar-refractivity contribution < 1.29 is 4.42 Å². The fourth-order valence-electron chi connectivity index (χ4n) is 13.4. The number of nitrogens with zero attached hydrogens (tertiary/aromatic N) is 2. The molecule has 68 heavy (non-hydrogen) atoms. The molecule has 0 unspecified atom stereocenters. The van der Waals surface area contributed by atoms with Crippen molar-refractivity contribution in [3.63, 3.8) is 0 Å². The Kier molecular flexibility index (Phi) is 7.99. The predicted molar refractivity (Wildman–Crippen MR) is 289 cm³/mol. The van der Waals surface area contributed by atoms with E-state index in [1.165, 1.54) is 111 Å². The first-order chi connectivity index (χ1) is 32.7. The van der Waals surface area contributed by atoms with Crippen LogP contribution in [0.2, 0.25) is 0 Å². The van der Waals surface area contributed by atoms with E-state index >= 15 is 0 Å². The van der Waals surface area contributed by atoms with Gasteiger partial charge in [0.25, 0.3) is 0 Å². The van der Waals surface area contributed by atoms with E-state index in [4.69, 9.17) is 4.42 Å². The molecule has 332 valence electrons. The molecule has 14 rings (SSSR count). The summed E-state index contributed by atoms with van der Waals surface area (Å²) in [5.41, 5.74) is 22.3. The molecule has 0 spiro atoms. The number of aromatic nitrogens is 1. The van der Waals surface area contributed by atoms with Crippen LogP contribution in [0, 0.1) is 0 Å². The molecule has 2 aliphatic heterocycles. The zero-order valence-corrected chi connectivity index (χ0v) is 40.6. The van der Waals surface area contributed by atoms with Crippen molar-refractivity contribution in [2.24, 2.45) is 0 Å². The first-order valence-electron chi connectivity index (χ1n) is 25.0. The van der Waals surface area contributed by atoms with Crippen LogP contribution >= 0.6 is 0 Å². The molecule has 8 aromatic carbocycles. The van der Waals surface area contributed by atoms with E-state index in [0.717, 1.165) is 41.6 Å². The van der Waals surface area contributed by atoms with Gasteiger partial charge in [-0.15, -0.1) is 0 Å². The topological polar surface area (TPSA) is 21.3 Å². The molecule has 0 amide bonds. The van der Waals surface area contributed by atoms with Gasteiger partial charge in [-0.2, -0.15) is 0 Å². The Bertz CT molecular complexity index is 3810. The molecule has 0 saturated carbocycles. The molecule has 10 aromatic rings. The monoisotopic (exact) mass is 880 g/mol. The Morgan fingerprint density at radius 1 is 0.471 bits per heavy atom. The van der Waals surface area contributed by atoms with E-state index in [1.54, 1.807) is 0 Å². The SMILES string of the molecule is CC1(C)CCC(C)(C)c2cc(N3B4c5cc6oc(-c7ccccc7)cc6cc5-n5c6cc7ccccc7cc6c6c(-c7ccccc7)cc(c4c65)-c4cc5c(cc43)C(C)(C)CCC5(C)C)ccc21. The molecular weight excluding hydrogens is 824 g/mol. The van der Waals surface area contributed by atoms with Gasteiger partial charge in [0.15, 0.2) is 0 Å². The molecule has 0 bridgehead atoms. The molecule has 3 nitrogen and oxygen atoms in total. The third kappa shape index (κ3) is 5.49. The van der Waals surface area contributed by atoms with E-state index < -0.39 is 0 Å². The lowest BCUT2D eigenvalue weighted by atomic mass is 9.43. The lowest BCUT2D eigenvalue weighted by Crippen LogP contribution is -2.60. The van der Waals surface area contributed by atoms with Crippen LogP contribution in [0.15, 0.2) is 156 Å². The van der Waals surface area contributed by atoms with Crippen LogP contribution in [0.5, 0.6) is 0 Å². The number of furan rings is 1. The summed E-state index contributed by atoms with van der Waals surface area (Å²) in [5, 5.41) is 6.22.